The molecular weight excluding hydrogens is 622 g/mol. The quantitative estimate of drug-likeness (QED) is 0.277. The molecule has 3 aliphatic rings. The van der Waals surface area contributed by atoms with Gasteiger partial charge in [-0.3, -0.25) is 4.79 Å². The zero-order valence-electron chi connectivity index (χ0n) is 23.8. The Morgan fingerprint density at radius 3 is 1.80 bits per heavy atom. The van der Waals surface area contributed by atoms with Crippen molar-refractivity contribution in [3.63, 3.8) is 0 Å². The van der Waals surface area contributed by atoms with Gasteiger partial charge in [-0.25, -0.2) is 17.2 Å². The summed E-state index contributed by atoms with van der Waals surface area (Å²) in [5.41, 5.74) is -10.1. The summed E-state index contributed by atoms with van der Waals surface area (Å²) in [6, 6.07) is 5.67. The number of nitrogens with zero attached hydrogens (tertiary/aromatic N) is 1. The number of hydrogen-bond acceptors (Lipinski definition) is 4. The topological polar surface area (TPSA) is 74.7 Å². The van der Waals surface area contributed by atoms with E-state index in [2.05, 4.69) is 0 Å². The van der Waals surface area contributed by atoms with Crippen molar-refractivity contribution in [3.05, 3.63) is 65.5 Å². The molecule has 1 N–H and O–H groups in total. The van der Waals surface area contributed by atoms with Crippen LogP contribution in [0.15, 0.2) is 53.4 Å². The van der Waals surface area contributed by atoms with Gasteiger partial charge in [0.1, 0.15) is 10.6 Å². The SMILES string of the molecule is CC(C)(O)C12CCC(C(=O)N3CC[C@](c4ccc(C(F)(C(F)(F)F)C(F)(F)F)cc4)(S(=O)(=O)c4ccc(F)cc4)C3)(CC1)C2. The van der Waals surface area contributed by atoms with Crippen molar-refractivity contribution < 1.29 is 53.4 Å². The molecule has 1 amide bonds. The second-order valence-electron chi connectivity index (χ2n) is 13.0. The molecule has 0 unspecified atom stereocenters. The van der Waals surface area contributed by atoms with E-state index in [1.807, 2.05) is 0 Å². The summed E-state index contributed by atoms with van der Waals surface area (Å²) in [4.78, 5) is 15.0. The van der Waals surface area contributed by atoms with Gasteiger partial charge in [0.05, 0.1) is 15.9 Å². The number of aliphatic hydroxyl groups is 1. The zero-order valence-corrected chi connectivity index (χ0v) is 24.6. The summed E-state index contributed by atoms with van der Waals surface area (Å²) in [5.74, 6) is -1.09. The lowest BCUT2D eigenvalue weighted by Gasteiger charge is -2.38. The summed E-state index contributed by atoms with van der Waals surface area (Å²) >= 11 is 0. The lowest BCUT2D eigenvalue weighted by atomic mass is 9.71. The van der Waals surface area contributed by atoms with Crippen molar-refractivity contribution >= 4 is 15.7 Å². The number of benzene rings is 2. The molecule has 1 saturated heterocycles. The summed E-state index contributed by atoms with van der Waals surface area (Å²) in [6.45, 7) is 2.78. The van der Waals surface area contributed by atoms with Crippen molar-refractivity contribution in [1.29, 1.82) is 0 Å². The molecule has 2 saturated carbocycles. The second kappa shape index (κ2) is 9.88. The van der Waals surface area contributed by atoms with Gasteiger partial charge in [0.2, 0.25) is 5.91 Å². The van der Waals surface area contributed by atoms with E-state index in [0.29, 0.717) is 44.2 Å². The molecule has 0 radical (unpaired) electrons. The van der Waals surface area contributed by atoms with Crippen molar-refractivity contribution in [2.45, 2.75) is 85.6 Å². The van der Waals surface area contributed by atoms with E-state index in [-0.39, 0.29) is 41.5 Å². The Labute approximate surface area is 249 Å². The van der Waals surface area contributed by atoms with Crippen LogP contribution in [0.4, 0.5) is 35.1 Å². The van der Waals surface area contributed by atoms with E-state index in [1.165, 1.54) is 4.90 Å². The number of alkyl halides is 7. The Kier molecular flexibility index (Phi) is 7.33. The first kappa shape index (κ1) is 32.6. The Hall–Kier alpha value is -2.74. The van der Waals surface area contributed by atoms with Gasteiger partial charge >= 0.3 is 18.0 Å². The van der Waals surface area contributed by atoms with Gasteiger partial charge in [-0.2, -0.15) is 26.3 Å². The third kappa shape index (κ3) is 4.56. The molecule has 5 rings (SSSR count). The molecule has 3 fully saturated rings. The van der Waals surface area contributed by atoms with Crippen LogP contribution < -0.4 is 0 Å². The number of likely N-dealkylation sites (tertiary alicyclic amines) is 1. The Morgan fingerprint density at radius 1 is 0.818 bits per heavy atom. The van der Waals surface area contributed by atoms with Crippen LogP contribution in [0.5, 0.6) is 0 Å². The Balaban J connectivity index is 1.56. The number of halogens is 8. The summed E-state index contributed by atoms with van der Waals surface area (Å²) in [7, 11) is -4.56. The largest absolute Gasteiger partial charge is 0.435 e. The highest BCUT2D eigenvalue weighted by molar-refractivity contribution is 7.92. The van der Waals surface area contributed by atoms with Crippen LogP contribution in [0, 0.1) is 16.6 Å². The Bertz CT molecular complexity index is 1520. The summed E-state index contributed by atoms with van der Waals surface area (Å²) < 4.78 is 135. The van der Waals surface area contributed by atoms with Crippen molar-refractivity contribution in [3.8, 4) is 0 Å². The van der Waals surface area contributed by atoms with E-state index in [0.717, 1.165) is 24.3 Å². The van der Waals surface area contributed by atoms with Crippen LogP contribution in [0.2, 0.25) is 0 Å². The van der Waals surface area contributed by atoms with Crippen LogP contribution in [0.1, 0.15) is 63.5 Å². The molecule has 0 spiro atoms. The average molecular weight is 654 g/mol. The number of fused-ring (bicyclic) bond motifs is 2. The molecule has 5 nitrogen and oxygen atoms in total. The molecule has 242 valence electrons. The van der Waals surface area contributed by atoms with Gasteiger partial charge in [-0.15, -0.1) is 0 Å². The molecule has 14 heteroatoms. The van der Waals surface area contributed by atoms with E-state index in [4.69, 9.17) is 0 Å². The maximum Gasteiger partial charge on any atom is 0.435 e. The van der Waals surface area contributed by atoms with Crippen LogP contribution in [0.3, 0.4) is 0 Å². The fourth-order valence-corrected chi connectivity index (χ4v) is 9.64. The smallest absolute Gasteiger partial charge is 0.390 e. The van der Waals surface area contributed by atoms with E-state index in [1.54, 1.807) is 13.8 Å². The van der Waals surface area contributed by atoms with E-state index < -0.39 is 67.0 Å². The first-order chi connectivity index (χ1) is 20.1. The lowest BCUT2D eigenvalue weighted by Crippen LogP contribution is -2.50. The number of amides is 1. The molecular formula is C30H31F8NO4S. The van der Waals surface area contributed by atoms with Gasteiger partial charge in [0.25, 0.3) is 0 Å². The van der Waals surface area contributed by atoms with Crippen LogP contribution in [-0.4, -0.2) is 55.4 Å². The molecule has 2 aliphatic carbocycles. The van der Waals surface area contributed by atoms with Crippen molar-refractivity contribution in [1.82, 2.24) is 4.90 Å². The van der Waals surface area contributed by atoms with Crippen molar-refractivity contribution in [2.75, 3.05) is 13.1 Å². The maximum atomic E-state index is 14.7. The van der Waals surface area contributed by atoms with Crippen LogP contribution in [-0.2, 0) is 25.0 Å². The minimum atomic E-state index is -6.36. The molecule has 1 atom stereocenters. The van der Waals surface area contributed by atoms with Gasteiger partial charge in [-0.05, 0) is 87.6 Å². The molecule has 0 aromatic heterocycles. The third-order valence-electron chi connectivity index (χ3n) is 10.3. The number of carbonyl (C=O) groups is 1. The highest BCUT2D eigenvalue weighted by Crippen LogP contribution is 2.66. The normalized spacial score (nSPS) is 28.1. The fraction of sp³-hybridized carbons (Fsp3) is 0.567. The van der Waals surface area contributed by atoms with Gasteiger partial charge in [0, 0.05) is 18.7 Å². The number of sulfone groups is 1. The number of carbonyl (C=O) groups excluding carboxylic acids is 1. The van der Waals surface area contributed by atoms with Crippen molar-refractivity contribution in [2.24, 2.45) is 10.8 Å². The second-order valence-corrected chi connectivity index (χ2v) is 15.2. The third-order valence-corrected chi connectivity index (χ3v) is 12.8. The standard InChI is InChI=1S/C30H31F8NO4S/c1-24(2,41)26-13-11-25(17-26,12-14-26)23(40)39-16-15-27(18-39,44(42,43)22-9-7-21(31)8-10-22)19-3-5-20(6-4-19)28(32,29(33,34)35)30(36,37)38/h3-10,41H,11-18H2,1-2H3/t25?,26?,27-/m0/s1. The molecule has 2 aromatic carbocycles. The monoisotopic (exact) mass is 653 g/mol. The fourth-order valence-electron chi connectivity index (χ4n) is 7.56. The van der Waals surface area contributed by atoms with Crippen LogP contribution in [0.25, 0.3) is 0 Å². The summed E-state index contributed by atoms with van der Waals surface area (Å²) in [6.07, 6.45) is -10.5. The van der Waals surface area contributed by atoms with Gasteiger partial charge < -0.3 is 10.0 Å². The highest BCUT2D eigenvalue weighted by Gasteiger charge is 2.73. The van der Waals surface area contributed by atoms with Crippen LogP contribution >= 0.6 is 0 Å². The lowest BCUT2D eigenvalue weighted by molar-refractivity contribution is -0.348. The Morgan fingerprint density at radius 2 is 1.34 bits per heavy atom. The average Bonchev–Trinajstić information content (AvgIpc) is 3.66. The highest BCUT2D eigenvalue weighted by atomic mass is 32.2. The summed E-state index contributed by atoms with van der Waals surface area (Å²) in [5, 5.41) is 10.8. The van der Waals surface area contributed by atoms with Gasteiger partial charge in [-0.1, -0.05) is 24.3 Å². The maximum absolute atomic E-state index is 14.7. The first-order valence-corrected chi connectivity index (χ1v) is 15.5. The molecule has 44 heavy (non-hydrogen) atoms. The van der Waals surface area contributed by atoms with E-state index in [9.17, 15) is 53.4 Å². The first-order valence-electron chi connectivity index (χ1n) is 14.0. The number of hydrogen-bond donors (Lipinski definition) is 1. The molecule has 1 aliphatic heterocycles. The predicted octanol–water partition coefficient (Wildman–Crippen LogP) is 6.74. The zero-order chi connectivity index (χ0) is 32.8. The minimum absolute atomic E-state index is 0.101. The predicted molar refractivity (Wildman–Crippen MR) is 142 cm³/mol. The van der Waals surface area contributed by atoms with Gasteiger partial charge in [0.15, 0.2) is 9.84 Å². The molecule has 2 aromatic rings. The van der Waals surface area contributed by atoms with E-state index >= 15 is 0 Å². The molecule has 2 bridgehead atoms. The minimum Gasteiger partial charge on any atom is -0.390 e. The molecule has 1 heterocycles. The number of rotatable bonds is 6.